The maximum atomic E-state index is 14.3. The van der Waals surface area contributed by atoms with Gasteiger partial charge in [0.2, 0.25) is 11.8 Å². The first-order valence-electron chi connectivity index (χ1n) is 10.6. The number of ketones is 1. The molecule has 1 saturated heterocycles. The lowest BCUT2D eigenvalue weighted by Crippen LogP contribution is -2.48. The zero-order valence-corrected chi connectivity index (χ0v) is 19.2. The number of phenolic OH excluding ortho intramolecular Hbond substituents is 1. The monoisotopic (exact) mass is 503 g/mol. The average Bonchev–Trinajstić information content (AvgIpc) is 3.39. The van der Waals surface area contributed by atoms with Gasteiger partial charge >= 0.3 is 0 Å². The number of aromatic hydroxyl groups is 1. The summed E-state index contributed by atoms with van der Waals surface area (Å²) in [7, 11) is 0. The van der Waals surface area contributed by atoms with Crippen molar-refractivity contribution < 1.29 is 33.1 Å². The molecule has 1 fully saturated rings. The summed E-state index contributed by atoms with van der Waals surface area (Å²) in [6.07, 6.45) is -0.709. The van der Waals surface area contributed by atoms with Crippen LogP contribution in [-0.2, 0) is 16.1 Å². The molecule has 35 heavy (non-hydrogen) atoms. The minimum Gasteiger partial charge on any atom is -0.508 e. The lowest BCUT2D eigenvalue weighted by molar-refractivity contribution is -0.135. The molecule has 2 heterocycles. The number of hydrogen-bond donors (Lipinski definition) is 2. The van der Waals surface area contributed by atoms with Gasteiger partial charge in [-0.05, 0) is 24.3 Å². The van der Waals surface area contributed by atoms with Gasteiger partial charge in [-0.15, -0.1) is 0 Å². The topological polar surface area (TPSA) is 109 Å². The van der Waals surface area contributed by atoms with Gasteiger partial charge in [0.15, 0.2) is 0 Å². The van der Waals surface area contributed by atoms with Crippen molar-refractivity contribution in [2.24, 2.45) is 0 Å². The van der Waals surface area contributed by atoms with Crippen LogP contribution in [0.1, 0.15) is 34.1 Å². The van der Waals surface area contributed by atoms with Crippen LogP contribution in [0, 0.1) is 5.82 Å². The molecule has 0 unspecified atom stereocenters. The third kappa shape index (κ3) is 4.61. The minimum atomic E-state index is -1.55. The van der Waals surface area contributed by atoms with Gasteiger partial charge in [-0.25, -0.2) is 8.78 Å². The molecule has 2 aromatic carbocycles. The van der Waals surface area contributed by atoms with Crippen LogP contribution in [-0.4, -0.2) is 56.8 Å². The number of phenols is 1. The number of Topliss-reactive ketones (excluding diaryl/α,β-unsaturated/α-hetero) is 1. The average molecular weight is 504 g/mol. The molecule has 0 spiro atoms. The number of hydrogen-bond acceptors (Lipinski definition) is 5. The van der Waals surface area contributed by atoms with Crippen LogP contribution in [0.2, 0.25) is 5.02 Å². The summed E-state index contributed by atoms with van der Waals surface area (Å²) >= 11 is 5.74. The van der Waals surface area contributed by atoms with Gasteiger partial charge in [-0.2, -0.15) is 0 Å². The Bertz CT molecular complexity index is 1370. The number of rotatable bonds is 5. The maximum Gasteiger partial charge on any atom is 0.295 e. The highest BCUT2D eigenvalue weighted by atomic mass is 35.5. The van der Waals surface area contributed by atoms with Crippen molar-refractivity contribution >= 4 is 46.0 Å². The van der Waals surface area contributed by atoms with Gasteiger partial charge in [-0.3, -0.25) is 23.7 Å². The second-order valence-corrected chi connectivity index (χ2v) is 8.61. The van der Waals surface area contributed by atoms with E-state index in [1.807, 2.05) is 0 Å². The molecule has 2 amide bonds. The van der Waals surface area contributed by atoms with Gasteiger partial charge in [0.1, 0.15) is 23.8 Å². The standard InChI is InChI=1S/C24H20ClF2N3O5/c1-12(31)29-11-17(16-8-15(32)5-6-19(16)29)22(33)24(35)30-10-14(26)7-20(30)23(34)28-9-13-3-2-4-18(25)21(13)27/h2-6,8,11,14,20,32H,7,9-10H2,1H3,(H,28,34)/t14-,20+/m1/s1. The molecule has 1 aromatic heterocycles. The van der Waals surface area contributed by atoms with Crippen molar-refractivity contribution in [1.29, 1.82) is 0 Å². The SMILES string of the molecule is CC(=O)n1cc(C(=O)C(=O)N2C[C@H](F)C[C@H]2C(=O)NCc2cccc(Cl)c2F)c2cc(O)ccc21. The Labute approximate surface area is 203 Å². The zero-order chi connectivity index (χ0) is 25.4. The highest BCUT2D eigenvalue weighted by Crippen LogP contribution is 2.28. The second-order valence-electron chi connectivity index (χ2n) is 8.20. The molecule has 1 aliphatic rings. The van der Waals surface area contributed by atoms with E-state index in [1.165, 1.54) is 49.5 Å². The van der Waals surface area contributed by atoms with Crippen LogP contribution < -0.4 is 5.32 Å². The summed E-state index contributed by atoms with van der Waals surface area (Å²) in [5.41, 5.74) is 0.235. The van der Waals surface area contributed by atoms with Gasteiger partial charge in [0.25, 0.3) is 11.7 Å². The predicted octanol–water partition coefficient (Wildman–Crippen LogP) is 3.24. The summed E-state index contributed by atoms with van der Waals surface area (Å²) in [6, 6.07) is 6.97. The highest BCUT2D eigenvalue weighted by molar-refractivity contribution is 6.45. The number of carbonyl (C=O) groups is 4. The Balaban J connectivity index is 1.58. The number of fused-ring (bicyclic) bond motifs is 1. The van der Waals surface area contributed by atoms with Crippen molar-refractivity contribution in [2.75, 3.05) is 6.54 Å². The third-order valence-electron chi connectivity index (χ3n) is 5.86. The van der Waals surface area contributed by atoms with E-state index in [0.29, 0.717) is 5.52 Å². The fourth-order valence-electron chi connectivity index (χ4n) is 4.15. The van der Waals surface area contributed by atoms with E-state index < -0.39 is 48.1 Å². The number of aromatic nitrogens is 1. The Hall–Kier alpha value is -3.79. The summed E-state index contributed by atoms with van der Waals surface area (Å²) in [5.74, 6) is -4.27. The first-order chi connectivity index (χ1) is 16.6. The van der Waals surface area contributed by atoms with Crippen LogP contribution in [0.15, 0.2) is 42.6 Å². The van der Waals surface area contributed by atoms with Crippen LogP contribution >= 0.6 is 11.6 Å². The van der Waals surface area contributed by atoms with Crippen LogP contribution in [0.25, 0.3) is 10.9 Å². The molecule has 3 aromatic rings. The second kappa shape index (κ2) is 9.46. The molecule has 1 aliphatic heterocycles. The van der Waals surface area contributed by atoms with E-state index in [-0.39, 0.29) is 40.3 Å². The molecule has 0 radical (unpaired) electrons. The van der Waals surface area contributed by atoms with E-state index in [4.69, 9.17) is 11.6 Å². The molecule has 0 saturated carbocycles. The van der Waals surface area contributed by atoms with Crippen molar-refractivity contribution in [2.45, 2.75) is 32.1 Å². The van der Waals surface area contributed by atoms with Crippen LogP contribution in [0.5, 0.6) is 5.75 Å². The maximum absolute atomic E-state index is 14.3. The van der Waals surface area contributed by atoms with Crippen molar-refractivity contribution in [3.63, 3.8) is 0 Å². The summed E-state index contributed by atoms with van der Waals surface area (Å²) in [6.45, 7) is 0.532. The van der Waals surface area contributed by atoms with E-state index in [2.05, 4.69) is 5.32 Å². The largest absolute Gasteiger partial charge is 0.508 e. The summed E-state index contributed by atoms with van der Waals surface area (Å²) in [4.78, 5) is 51.8. The Morgan fingerprint density at radius 1 is 1.20 bits per heavy atom. The molecular weight excluding hydrogens is 484 g/mol. The van der Waals surface area contributed by atoms with E-state index in [0.717, 1.165) is 9.47 Å². The quantitative estimate of drug-likeness (QED) is 0.410. The summed E-state index contributed by atoms with van der Waals surface area (Å²) in [5, 5.41) is 12.3. The number of carbonyl (C=O) groups excluding carboxylic acids is 4. The Morgan fingerprint density at radius 2 is 1.94 bits per heavy atom. The lowest BCUT2D eigenvalue weighted by Gasteiger charge is -2.23. The smallest absolute Gasteiger partial charge is 0.295 e. The predicted molar refractivity (Wildman–Crippen MR) is 123 cm³/mol. The molecule has 8 nitrogen and oxygen atoms in total. The fraction of sp³-hybridized carbons (Fsp3) is 0.250. The molecule has 182 valence electrons. The van der Waals surface area contributed by atoms with Gasteiger partial charge in [-0.1, -0.05) is 23.7 Å². The van der Waals surface area contributed by atoms with Crippen LogP contribution in [0.4, 0.5) is 8.78 Å². The molecule has 2 N–H and O–H groups in total. The Kier molecular flexibility index (Phi) is 6.58. The molecular formula is C24H20ClF2N3O5. The first-order valence-corrected chi connectivity index (χ1v) is 11.0. The number of likely N-dealkylation sites (tertiary alicyclic amines) is 1. The molecule has 0 bridgehead atoms. The highest BCUT2D eigenvalue weighted by Gasteiger charge is 2.42. The van der Waals surface area contributed by atoms with Crippen molar-refractivity contribution in [3.05, 3.63) is 64.6 Å². The summed E-state index contributed by atoms with van der Waals surface area (Å²) < 4.78 is 29.5. The molecule has 11 heteroatoms. The van der Waals surface area contributed by atoms with Crippen molar-refractivity contribution in [3.8, 4) is 5.75 Å². The van der Waals surface area contributed by atoms with Gasteiger partial charge in [0.05, 0.1) is 22.6 Å². The molecule has 4 rings (SSSR count). The fourth-order valence-corrected chi connectivity index (χ4v) is 4.34. The number of nitrogens with zero attached hydrogens (tertiary/aromatic N) is 2. The van der Waals surface area contributed by atoms with E-state index in [1.54, 1.807) is 0 Å². The molecule has 2 atom stereocenters. The molecule has 0 aliphatic carbocycles. The van der Waals surface area contributed by atoms with Gasteiger partial charge in [0, 0.05) is 37.0 Å². The number of alkyl halides is 1. The zero-order valence-electron chi connectivity index (χ0n) is 18.4. The van der Waals surface area contributed by atoms with Crippen LogP contribution in [0.3, 0.4) is 0 Å². The van der Waals surface area contributed by atoms with E-state index in [9.17, 15) is 33.1 Å². The first kappa shape index (κ1) is 24.3. The van der Waals surface area contributed by atoms with E-state index >= 15 is 0 Å². The minimum absolute atomic E-state index is 0.103. The number of nitrogens with one attached hydrogen (secondary N) is 1. The number of benzene rings is 2. The van der Waals surface area contributed by atoms with Crippen molar-refractivity contribution in [1.82, 2.24) is 14.8 Å². The normalized spacial score (nSPS) is 17.5. The Morgan fingerprint density at radius 3 is 2.66 bits per heavy atom. The third-order valence-corrected chi connectivity index (χ3v) is 6.16. The number of halogens is 3. The van der Waals surface area contributed by atoms with Gasteiger partial charge < -0.3 is 15.3 Å². The lowest BCUT2D eigenvalue weighted by atomic mass is 10.1. The number of amides is 2.